The SMILES string of the molecule is O=[P].[Al].[Si]. The van der Waals surface area contributed by atoms with E-state index in [2.05, 4.69) is 9.12 Å². The van der Waals surface area contributed by atoms with Crippen LogP contribution in [0.2, 0.25) is 0 Å². The van der Waals surface area contributed by atoms with Crippen LogP contribution in [0.4, 0.5) is 0 Å². The predicted octanol–water partition coefficient (Wildman–Crippen LogP) is -0.0192. The zero-order valence-electron chi connectivity index (χ0n) is 1.93. The summed E-state index contributed by atoms with van der Waals surface area (Å²) in [6.07, 6.45) is 0. The molecule has 0 aliphatic rings. The Bertz CT molecular complexity index is 8.00. The molecule has 0 N–H and O–H groups in total. The van der Waals surface area contributed by atoms with E-state index in [0.29, 0.717) is 0 Å². The van der Waals surface area contributed by atoms with Crippen LogP contribution in [0.15, 0.2) is 0 Å². The molecule has 0 bridgehead atoms. The largest absolute Gasteiger partial charge is 0.261 e. The Morgan fingerprint density at radius 2 is 1.25 bits per heavy atom. The minimum Gasteiger partial charge on any atom is -0.261 e. The molecule has 0 rings (SSSR count). The van der Waals surface area contributed by atoms with Crippen molar-refractivity contribution < 1.29 is 4.57 Å². The van der Waals surface area contributed by atoms with Crippen LogP contribution < -0.4 is 0 Å². The summed E-state index contributed by atoms with van der Waals surface area (Å²) in [5.41, 5.74) is 0. The Hall–Kier alpha value is 0.849. The van der Waals surface area contributed by atoms with E-state index in [9.17, 15) is 0 Å². The maximum atomic E-state index is 7.94. The molecule has 0 unspecified atom stereocenters. The van der Waals surface area contributed by atoms with Gasteiger partial charge in [0, 0.05) is 28.3 Å². The van der Waals surface area contributed by atoms with Crippen LogP contribution in [0, 0.1) is 0 Å². The van der Waals surface area contributed by atoms with Crippen molar-refractivity contribution in [1.82, 2.24) is 0 Å². The first kappa shape index (κ1) is 21.0. The molecule has 0 aromatic carbocycles. The molecule has 0 spiro atoms. The Labute approximate surface area is 42.6 Å². The molecule has 4 heteroatoms. The lowest BCUT2D eigenvalue weighted by molar-refractivity contribution is 0.607. The Morgan fingerprint density at radius 1 is 1.25 bits per heavy atom. The zero-order chi connectivity index (χ0) is 2.00. The fourth-order valence-electron chi connectivity index (χ4n) is 0. The molecule has 0 aromatic heterocycles. The highest BCUT2D eigenvalue weighted by atomic mass is 31.0. The van der Waals surface area contributed by atoms with Crippen LogP contribution in [0.25, 0.3) is 0 Å². The summed E-state index contributed by atoms with van der Waals surface area (Å²) in [7, 11) is 2.28. The van der Waals surface area contributed by atoms with Crippen molar-refractivity contribution in [3.05, 3.63) is 0 Å². The van der Waals surface area contributed by atoms with Crippen molar-refractivity contribution in [1.29, 1.82) is 0 Å². The van der Waals surface area contributed by atoms with Gasteiger partial charge in [-0.2, -0.15) is 0 Å². The van der Waals surface area contributed by atoms with E-state index in [1.807, 2.05) is 0 Å². The highest BCUT2D eigenvalue weighted by Gasteiger charge is 0.754. The molecule has 8 radical (unpaired) electrons. The van der Waals surface area contributed by atoms with E-state index >= 15 is 0 Å². The molecule has 1 nitrogen and oxygen atoms in total. The van der Waals surface area contributed by atoms with Crippen molar-refractivity contribution in [2.24, 2.45) is 0 Å². The van der Waals surface area contributed by atoms with Crippen molar-refractivity contribution in [2.75, 3.05) is 0 Å². The van der Waals surface area contributed by atoms with Crippen molar-refractivity contribution >= 4 is 37.4 Å². The molecule has 0 aromatic rings. The highest BCUT2D eigenvalue weighted by molar-refractivity contribution is 7.00. The third kappa shape index (κ3) is 13.5. The smallest absolute Gasteiger partial charge is 0.261 e. The molecule has 0 amide bonds. The molecular formula is AlOPSi. The topological polar surface area (TPSA) is 17.1 Å². The Morgan fingerprint density at radius 3 is 1.25 bits per heavy atom. The summed E-state index contributed by atoms with van der Waals surface area (Å²) in [5, 5.41) is 0. The number of hydrogen-bond acceptors (Lipinski definition) is 1. The number of hydrogen-bond donors (Lipinski definition) is 0. The lowest BCUT2D eigenvalue weighted by Crippen LogP contribution is -0.489. The Kier molecular flexibility index (Phi) is 228. The predicted molar refractivity (Wildman–Crippen MR) is 19.1 cm³/mol. The molecule has 0 aliphatic heterocycles. The number of rotatable bonds is 0. The van der Waals surface area contributed by atoms with Gasteiger partial charge in [-0.25, -0.2) is 0 Å². The minimum atomic E-state index is 0. The molecule has 0 saturated heterocycles. The lowest BCUT2D eigenvalue weighted by atomic mass is 16.0. The van der Waals surface area contributed by atoms with Crippen molar-refractivity contribution in [2.45, 2.75) is 0 Å². The van der Waals surface area contributed by atoms with Crippen LogP contribution >= 0.6 is 9.12 Å². The van der Waals surface area contributed by atoms with Crippen molar-refractivity contribution in [3.8, 4) is 0 Å². The van der Waals surface area contributed by atoms with Gasteiger partial charge in [0.25, 0.3) is 9.12 Å². The second kappa shape index (κ2) is 43.3. The Balaban J connectivity index is -0.00000000500. The molecule has 0 aliphatic carbocycles. The second-order valence-corrected chi connectivity index (χ2v) is 0. The molecule has 0 atom stereocenters. The van der Waals surface area contributed by atoms with E-state index in [4.69, 9.17) is 4.57 Å². The normalized spacial score (nSPS) is 1.00. The molecule has 4 heavy (non-hydrogen) atoms. The lowest BCUT2D eigenvalue weighted by Gasteiger charge is -0.754. The summed E-state index contributed by atoms with van der Waals surface area (Å²) in [6, 6.07) is 0. The fraction of sp³-hybridized carbons (Fsp3) is 0. The minimum absolute atomic E-state index is 0. The fourth-order valence-corrected chi connectivity index (χ4v) is 0. The summed E-state index contributed by atoms with van der Waals surface area (Å²) < 4.78 is 7.94. The third-order valence-corrected chi connectivity index (χ3v) is 0. The summed E-state index contributed by atoms with van der Waals surface area (Å²) in [4.78, 5) is 0. The molecule has 0 saturated carbocycles. The van der Waals surface area contributed by atoms with Gasteiger partial charge in [-0.1, -0.05) is 0 Å². The standard InChI is InChI=1S/Al.OP.Si/c;1-2;. The van der Waals surface area contributed by atoms with Crippen LogP contribution in [0.1, 0.15) is 0 Å². The first-order valence-electron chi connectivity index (χ1n) is 0.183. The van der Waals surface area contributed by atoms with Crippen molar-refractivity contribution in [3.63, 3.8) is 0 Å². The highest BCUT2D eigenvalue weighted by Crippen LogP contribution is 1.23. The molecule has 0 fully saturated rings. The van der Waals surface area contributed by atoms with Crippen LogP contribution in [-0.4, -0.2) is 28.3 Å². The van der Waals surface area contributed by atoms with Gasteiger partial charge in [-0.05, 0) is 0 Å². The van der Waals surface area contributed by atoms with Crippen LogP contribution in [-0.2, 0) is 4.57 Å². The van der Waals surface area contributed by atoms with Gasteiger partial charge >= 0.3 is 0 Å². The monoisotopic (exact) mass is 102 g/mol. The maximum Gasteiger partial charge on any atom is 0.261 e. The molecular weight excluding hydrogens is 102 g/mol. The van der Waals surface area contributed by atoms with Gasteiger partial charge < -0.3 is 0 Å². The first-order chi connectivity index (χ1) is 1.00. The van der Waals surface area contributed by atoms with Gasteiger partial charge in [0.1, 0.15) is 0 Å². The average molecular weight is 102 g/mol. The maximum absolute atomic E-state index is 7.94. The second-order valence-electron chi connectivity index (χ2n) is 0. The van der Waals surface area contributed by atoms with Crippen LogP contribution in [0.3, 0.4) is 0 Å². The summed E-state index contributed by atoms with van der Waals surface area (Å²) in [6.45, 7) is 0. The molecule has 0 heterocycles. The van der Waals surface area contributed by atoms with E-state index in [1.54, 1.807) is 0 Å². The quantitative estimate of drug-likeness (QED) is 0.310. The summed E-state index contributed by atoms with van der Waals surface area (Å²) >= 11 is 0. The van der Waals surface area contributed by atoms with Gasteiger partial charge in [0.05, 0.1) is 0 Å². The van der Waals surface area contributed by atoms with E-state index in [-0.39, 0.29) is 28.3 Å². The third-order valence-electron chi connectivity index (χ3n) is 0. The first-order valence-corrected chi connectivity index (χ1v) is 0.548. The average Bonchev–Trinajstić information content (AvgIpc) is 1.00. The van der Waals surface area contributed by atoms with Crippen LogP contribution in [0.5, 0.6) is 0 Å². The van der Waals surface area contributed by atoms with Gasteiger partial charge in [-0.15, -0.1) is 0 Å². The van der Waals surface area contributed by atoms with Gasteiger partial charge in [-0.3, -0.25) is 4.57 Å². The van der Waals surface area contributed by atoms with E-state index < -0.39 is 0 Å². The van der Waals surface area contributed by atoms with E-state index in [1.165, 1.54) is 0 Å². The molecule has 18 valence electrons. The van der Waals surface area contributed by atoms with Gasteiger partial charge in [0.2, 0.25) is 0 Å². The zero-order valence-corrected chi connectivity index (χ0v) is 4.98. The summed E-state index contributed by atoms with van der Waals surface area (Å²) in [5.74, 6) is 0. The van der Waals surface area contributed by atoms with Gasteiger partial charge in [0.15, 0.2) is 0 Å². The van der Waals surface area contributed by atoms with E-state index in [0.717, 1.165) is 0 Å².